The molecule has 4 nitrogen and oxygen atoms in total. The molecule has 114 valence electrons. The van der Waals surface area contributed by atoms with E-state index in [2.05, 4.69) is 11.8 Å². The summed E-state index contributed by atoms with van der Waals surface area (Å²) >= 11 is 0. The van der Waals surface area contributed by atoms with Gasteiger partial charge in [0.05, 0.1) is 4.75 Å². The van der Waals surface area contributed by atoms with Crippen LogP contribution in [0.3, 0.4) is 0 Å². The largest absolute Gasteiger partial charge is 0.301 e. The highest BCUT2D eigenvalue weighted by atomic mass is 32.2. The molecule has 0 atom stereocenters. The summed E-state index contributed by atoms with van der Waals surface area (Å²) in [5.74, 6) is 0. The Bertz CT molecular complexity index is 358. The summed E-state index contributed by atoms with van der Waals surface area (Å²) in [5.41, 5.74) is 0. The first-order chi connectivity index (χ1) is 8.85. The molecule has 0 bridgehead atoms. The van der Waals surface area contributed by atoms with E-state index in [9.17, 15) is 8.42 Å². The van der Waals surface area contributed by atoms with E-state index in [0.717, 1.165) is 19.6 Å². The van der Waals surface area contributed by atoms with Crippen LogP contribution in [-0.2, 0) is 10.0 Å². The quantitative estimate of drug-likeness (QED) is 0.676. The van der Waals surface area contributed by atoms with Gasteiger partial charge in [-0.25, -0.2) is 8.42 Å². The molecule has 0 unspecified atom stereocenters. The van der Waals surface area contributed by atoms with Crippen LogP contribution in [0.25, 0.3) is 0 Å². The van der Waals surface area contributed by atoms with Gasteiger partial charge in [0.2, 0.25) is 10.0 Å². The average Bonchev–Trinajstić information content (AvgIpc) is 2.39. The number of rotatable bonds is 7. The normalized spacial score (nSPS) is 19.8. The number of sulfonamides is 1. The second-order valence-electron chi connectivity index (χ2n) is 6.07. The lowest BCUT2D eigenvalue weighted by Crippen LogP contribution is -2.53. The lowest BCUT2D eigenvalue weighted by molar-refractivity contribution is 0.183. The van der Waals surface area contributed by atoms with E-state index >= 15 is 0 Å². The van der Waals surface area contributed by atoms with Crippen LogP contribution in [0.1, 0.15) is 53.4 Å². The fraction of sp³-hybridized carbons (Fsp3) is 1.00. The molecule has 1 aliphatic heterocycles. The van der Waals surface area contributed by atoms with Gasteiger partial charge in [-0.3, -0.25) is 0 Å². The number of unbranched alkanes of at least 4 members (excludes halogenated alkanes) is 2. The average molecular weight is 290 g/mol. The maximum Gasteiger partial charge on any atom is 0.219 e. The molecule has 0 amide bonds. The van der Waals surface area contributed by atoms with Gasteiger partial charge in [-0.2, -0.15) is 4.31 Å². The van der Waals surface area contributed by atoms with Crippen LogP contribution in [0, 0.1) is 0 Å². The molecule has 5 heteroatoms. The Kier molecular flexibility index (Phi) is 6.27. The van der Waals surface area contributed by atoms with E-state index in [0.29, 0.717) is 19.5 Å². The minimum Gasteiger partial charge on any atom is -0.301 e. The molecule has 0 radical (unpaired) electrons. The third kappa shape index (κ3) is 4.17. The van der Waals surface area contributed by atoms with E-state index in [1.54, 1.807) is 4.31 Å². The number of piperazine rings is 1. The molecule has 0 N–H and O–H groups in total. The Morgan fingerprint density at radius 2 is 1.58 bits per heavy atom. The second-order valence-corrected chi connectivity index (χ2v) is 8.64. The molecule has 0 saturated carbocycles. The zero-order valence-electron chi connectivity index (χ0n) is 13.0. The standard InChI is InChI=1S/C14H30N2O2S/c1-5-7-8-9-15-10-12-16(13-11-15)19(17,18)14(3,4)6-2/h5-13H2,1-4H3. The topological polar surface area (TPSA) is 40.6 Å². The summed E-state index contributed by atoms with van der Waals surface area (Å²) in [4.78, 5) is 2.39. The van der Waals surface area contributed by atoms with Crippen molar-refractivity contribution >= 4 is 10.0 Å². The smallest absolute Gasteiger partial charge is 0.219 e. The van der Waals surface area contributed by atoms with Gasteiger partial charge >= 0.3 is 0 Å². The van der Waals surface area contributed by atoms with Gasteiger partial charge in [-0.15, -0.1) is 0 Å². The van der Waals surface area contributed by atoms with Crippen LogP contribution in [0.15, 0.2) is 0 Å². The summed E-state index contributed by atoms with van der Waals surface area (Å²) in [7, 11) is -3.15. The Balaban J connectivity index is 2.50. The summed E-state index contributed by atoms with van der Waals surface area (Å²) in [6.07, 6.45) is 4.39. The lowest BCUT2D eigenvalue weighted by atomic mass is 10.1. The second kappa shape index (κ2) is 7.04. The lowest BCUT2D eigenvalue weighted by Gasteiger charge is -2.38. The Morgan fingerprint density at radius 3 is 2.05 bits per heavy atom. The number of hydrogen-bond acceptors (Lipinski definition) is 3. The molecular formula is C14H30N2O2S. The van der Waals surface area contributed by atoms with Crippen molar-refractivity contribution in [1.29, 1.82) is 0 Å². The Labute approximate surface area is 119 Å². The molecular weight excluding hydrogens is 260 g/mol. The third-order valence-corrected chi connectivity index (χ3v) is 7.03. The number of nitrogens with zero attached hydrogens (tertiary/aromatic N) is 2. The molecule has 0 aliphatic carbocycles. The number of hydrogen-bond donors (Lipinski definition) is 0. The minimum absolute atomic E-state index is 0.641. The van der Waals surface area contributed by atoms with Gasteiger partial charge in [-0.1, -0.05) is 26.7 Å². The van der Waals surface area contributed by atoms with Gasteiger partial charge in [0, 0.05) is 26.2 Å². The fourth-order valence-corrected chi connectivity index (χ4v) is 4.02. The molecule has 1 rings (SSSR count). The highest BCUT2D eigenvalue weighted by molar-refractivity contribution is 7.90. The van der Waals surface area contributed by atoms with Crippen molar-refractivity contribution < 1.29 is 8.42 Å². The van der Waals surface area contributed by atoms with Crippen molar-refractivity contribution in [1.82, 2.24) is 9.21 Å². The first-order valence-corrected chi connectivity index (χ1v) is 9.01. The molecule has 1 aliphatic rings. The zero-order chi connectivity index (χ0) is 14.5. The van der Waals surface area contributed by atoms with E-state index in [-0.39, 0.29) is 0 Å². The maximum atomic E-state index is 12.5. The van der Waals surface area contributed by atoms with Crippen LogP contribution >= 0.6 is 0 Å². The third-order valence-electron chi connectivity index (χ3n) is 4.30. The molecule has 1 fully saturated rings. The van der Waals surface area contributed by atoms with Gasteiger partial charge in [0.15, 0.2) is 0 Å². The van der Waals surface area contributed by atoms with Crippen molar-refractivity contribution in [2.75, 3.05) is 32.7 Å². The molecule has 1 heterocycles. The SMILES string of the molecule is CCCCCN1CCN(S(=O)(=O)C(C)(C)CC)CC1. The predicted octanol–water partition coefficient (Wildman–Crippen LogP) is 2.31. The molecule has 19 heavy (non-hydrogen) atoms. The van der Waals surface area contributed by atoms with Crippen LogP contribution in [0.4, 0.5) is 0 Å². The van der Waals surface area contributed by atoms with Crippen molar-refractivity contribution in [2.24, 2.45) is 0 Å². The fourth-order valence-electron chi connectivity index (χ4n) is 2.31. The van der Waals surface area contributed by atoms with Crippen LogP contribution in [0.2, 0.25) is 0 Å². The zero-order valence-corrected chi connectivity index (χ0v) is 13.8. The maximum absolute atomic E-state index is 12.5. The van der Waals surface area contributed by atoms with Crippen molar-refractivity contribution in [3.8, 4) is 0 Å². The van der Waals surface area contributed by atoms with Crippen LogP contribution in [0.5, 0.6) is 0 Å². The van der Waals surface area contributed by atoms with Gasteiger partial charge in [0.25, 0.3) is 0 Å². The van der Waals surface area contributed by atoms with E-state index in [1.165, 1.54) is 19.3 Å². The molecule has 0 aromatic heterocycles. The summed E-state index contributed by atoms with van der Waals surface area (Å²) < 4.78 is 26.1. The predicted molar refractivity (Wildman–Crippen MR) is 80.8 cm³/mol. The van der Waals surface area contributed by atoms with Crippen molar-refractivity contribution in [3.05, 3.63) is 0 Å². The van der Waals surface area contributed by atoms with Crippen LogP contribution in [-0.4, -0.2) is 55.1 Å². The molecule has 0 aromatic rings. The summed E-state index contributed by atoms with van der Waals surface area (Å²) in [5, 5.41) is 0. The van der Waals surface area contributed by atoms with Gasteiger partial charge in [0.1, 0.15) is 0 Å². The minimum atomic E-state index is -3.15. The highest BCUT2D eigenvalue weighted by Crippen LogP contribution is 2.25. The van der Waals surface area contributed by atoms with Gasteiger partial charge in [-0.05, 0) is 33.2 Å². The highest BCUT2D eigenvalue weighted by Gasteiger charge is 2.38. The molecule has 1 saturated heterocycles. The van der Waals surface area contributed by atoms with Crippen molar-refractivity contribution in [2.45, 2.75) is 58.1 Å². The van der Waals surface area contributed by atoms with Crippen LogP contribution < -0.4 is 0 Å². The Hall–Kier alpha value is -0.130. The first kappa shape index (κ1) is 16.9. The Morgan fingerprint density at radius 1 is 1.00 bits per heavy atom. The van der Waals surface area contributed by atoms with Gasteiger partial charge < -0.3 is 4.90 Å². The summed E-state index contributed by atoms with van der Waals surface area (Å²) in [6, 6.07) is 0. The summed E-state index contributed by atoms with van der Waals surface area (Å²) in [6.45, 7) is 12.0. The van der Waals surface area contributed by atoms with E-state index < -0.39 is 14.8 Å². The molecule has 0 aromatic carbocycles. The first-order valence-electron chi connectivity index (χ1n) is 7.57. The van der Waals surface area contributed by atoms with Crippen molar-refractivity contribution in [3.63, 3.8) is 0 Å². The molecule has 0 spiro atoms. The monoisotopic (exact) mass is 290 g/mol. The van der Waals surface area contributed by atoms with E-state index in [1.807, 2.05) is 20.8 Å². The van der Waals surface area contributed by atoms with E-state index in [4.69, 9.17) is 0 Å².